The van der Waals surface area contributed by atoms with Crippen LogP contribution in [0.3, 0.4) is 0 Å². The number of nitrogens with zero attached hydrogens (tertiary/aromatic N) is 2. The van der Waals surface area contributed by atoms with Crippen LogP contribution in [-0.2, 0) is 4.74 Å². The SMILES string of the molecule is CCOCC1CCN(C(=O)Nc2ccc(OC)nc2C)C1. The lowest BCUT2D eigenvalue weighted by molar-refractivity contribution is 0.113. The van der Waals surface area contributed by atoms with E-state index in [2.05, 4.69) is 10.3 Å². The molecule has 0 spiro atoms. The summed E-state index contributed by atoms with van der Waals surface area (Å²) in [6.45, 7) is 6.79. The summed E-state index contributed by atoms with van der Waals surface area (Å²) in [7, 11) is 1.57. The summed E-state index contributed by atoms with van der Waals surface area (Å²) in [5.41, 5.74) is 1.46. The van der Waals surface area contributed by atoms with Gasteiger partial charge in [0.1, 0.15) is 0 Å². The van der Waals surface area contributed by atoms with Gasteiger partial charge in [0.25, 0.3) is 0 Å². The Hall–Kier alpha value is -1.82. The summed E-state index contributed by atoms with van der Waals surface area (Å²) in [6.07, 6.45) is 0.993. The highest BCUT2D eigenvalue weighted by molar-refractivity contribution is 5.90. The fourth-order valence-electron chi connectivity index (χ4n) is 2.42. The van der Waals surface area contributed by atoms with Gasteiger partial charge < -0.3 is 19.7 Å². The summed E-state index contributed by atoms with van der Waals surface area (Å²) >= 11 is 0. The molecule has 6 nitrogen and oxygen atoms in total. The molecular formula is C15H23N3O3. The molecule has 0 saturated carbocycles. The molecule has 1 N–H and O–H groups in total. The van der Waals surface area contributed by atoms with Crippen LogP contribution >= 0.6 is 0 Å². The van der Waals surface area contributed by atoms with E-state index in [1.54, 1.807) is 13.2 Å². The average Bonchev–Trinajstić information content (AvgIpc) is 2.96. The fourth-order valence-corrected chi connectivity index (χ4v) is 2.42. The third kappa shape index (κ3) is 4.07. The van der Waals surface area contributed by atoms with E-state index >= 15 is 0 Å². The van der Waals surface area contributed by atoms with Gasteiger partial charge in [-0.3, -0.25) is 0 Å². The normalized spacial score (nSPS) is 17.9. The minimum atomic E-state index is -0.0796. The number of methoxy groups -OCH3 is 1. The zero-order valence-corrected chi connectivity index (χ0v) is 12.9. The molecule has 2 amide bonds. The van der Waals surface area contributed by atoms with Crippen molar-refractivity contribution in [2.45, 2.75) is 20.3 Å². The third-order valence-corrected chi connectivity index (χ3v) is 3.64. The van der Waals surface area contributed by atoms with Gasteiger partial charge in [-0.05, 0) is 26.3 Å². The number of carbonyl (C=O) groups is 1. The minimum Gasteiger partial charge on any atom is -0.481 e. The zero-order chi connectivity index (χ0) is 15.2. The number of hydrogen-bond acceptors (Lipinski definition) is 4. The summed E-state index contributed by atoms with van der Waals surface area (Å²) in [5.74, 6) is 0.981. The predicted octanol–water partition coefficient (Wildman–Crippen LogP) is 2.29. The summed E-state index contributed by atoms with van der Waals surface area (Å²) < 4.78 is 10.5. The first-order chi connectivity index (χ1) is 10.1. The Bertz CT molecular complexity index is 493. The molecule has 116 valence electrons. The molecule has 2 rings (SSSR count). The number of urea groups is 1. The van der Waals surface area contributed by atoms with Crippen molar-refractivity contribution in [3.63, 3.8) is 0 Å². The number of nitrogens with one attached hydrogen (secondary N) is 1. The topological polar surface area (TPSA) is 63.7 Å². The Kier molecular flexibility index (Phi) is 5.38. The second-order valence-electron chi connectivity index (χ2n) is 5.18. The van der Waals surface area contributed by atoms with Crippen molar-refractivity contribution in [3.05, 3.63) is 17.8 Å². The van der Waals surface area contributed by atoms with Crippen molar-refractivity contribution in [3.8, 4) is 5.88 Å². The molecule has 1 aliphatic rings. The fraction of sp³-hybridized carbons (Fsp3) is 0.600. The van der Waals surface area contributed by atoms with E-state index in [-0.39, 0.29) is 6.03 Å². The van der Waals surface area contributed by atoms with Crippen LogP contribution in [0.1, 0.15) is 19.0 Å². The average molecular weight is 293 g/mol. The van der Waals surface area contributed by atoms with Gasteiger partial charge in [0.05, 0.1) is 25.1 Å². The Balaban J connectivity index is 1.90. The van der Waals surface area contributed by atoms with Crippen LogP contribution in [0.2, 0.25) is 0 Å². The molecule has 6 heteroatoms. The van der Waals surface area contributed by atoms with Gasteiger partial charge in [-0.2, -0.15) is 0 Å². The highest BCUT2D eigenvalue weighted by Crippen LogP contribution is 2.20. The minimum absolute atomic E-state index is 0.0796. The number of anilines is 1. The van der Waals surface area contributed by atoms with Crippen molar-refractivity contribution in [2.24, 2.45) is 5.92 Å². The third-order valence-electron chi connectivity index (χ3n) is 3.64. The number of rotatable bonds is 5. The maximum Gasteiger partial charge on any atom is 0.321 e. The number of likely N-dealkylation sites (tertiary alicyclic amines) is 1. The zero-order valence-electron chi connectivity index (χ0n) is 12.9. The van der Waals surface area contributed by atoms with E-state index in [1.807, 2.05) is 24.8 Å². The van der Waals surface area contributed by atoms with Crippen LogP contribution in [-0.4, -0.2) is 49.3 Å². The van der Waals surface area contributed by atoms with Crippen LogP contribution < -0.4 is 10.1 Å². The second kappa shape index (κ2) is 7.26. The molecule has 0 radical (unpaired) electrons. The van der Waals surface area contributed by atoms with Crippen LogP contribution in [0.15, 0.2) is 12.1 Å². The smallest absolute Gasteiger partial charge is 0.321 e. The lowest BCUT2D eigenvalue weighted by atomic mass is 10.1. The van der Waals surface area contributed by atoms with E-state index in [9.17, 15) is 4.79 Å². The Labute approximate surface area is 125 Å². The lowest BCUT2D eigenvalue weighted by Crippen LogP contribution is -2.33. The van der Waals surface area contributed by atoms with Gasteiger partial charge >= 0.3 is 6.03 Å². The molecule has 1 aromatic rings. The van der Waals surface area contributed by atoms with E-state index in [0.29, 0.717) is 17.5 Å². The van der Waals surface area contributed by atoms with Crippen molar-refractivity contribution in [2.75, 3.05) is 38.7 Å². The summed E-state index contributed by atoms with van der Waals surface area (Å²) in [5, 5.41) is 2.91. The lowest BCUT2D eigenvalue weighted by Gasteiger charge is -2.18. The van der Waals surface area contributed by atoms with Crippen LogP contribution in [0.4, 0.5) is 10.5 Å². The summed E-state index contributed by atoms with van der Waals surface area (Å²) in [6, 6.07) is 3.47. The van der Waals surface area contributed by atoms with Gasteiger partial charge in [0.2, 0.25) is 5.88 Å². The van der Waals surface area contributed by atoms with E-state index < -0.39 is 0 Å². The largest absolute Gasteiger partial charge is 0.481 e. The highest BCUT2D eigenvalue weighted by Gasteiger charge is 2.26. The van der Waals surface area contributed by atoms with Gasteiger partial charge in [0.15, 0.2) is 0 Å². The summed E-state index contributed by atoms with van der Waals surface area (Å²) in [4.78, 5) is 18.3. The molecule has 21 heavy (non-hydrogen) atoms. The number of pyridine rings is 1. The van der Waals surface area contributed by atoms with E-state index in [0.717, 1.165) is 38.4 Å². The molecule has 0 bridgehead atoms. The van der Waals surface area contributed by atoms with E-state index in [1.165, 1.54) is 0 Å². The van der Waals surface area contributed by atoms with Gasteiger partial charge in [0, 0.05) is 31.7 Å². The van der Waals surface area contributed by atoms with Crippen molar-refractivity contribution < 1.29 is 14.3 Å². The number of aryl methyl sites for hydroxylation is 1. The predicted molar refractivity (Wildman–Crippen MR) is 80.7 cm³/mol. The maximum absolute atomic E-state index is 12.3. The number of carbonyl (C=O) groups excluding carboxylic acids is 1. The first-order valence-electron chi connectivity index (χ1n) is 7.29. The van der Waals surface area contributed by atoms with Crippen molar-refractivity contribution in [1.82, 2.24) is 9.88 Å². The highest BCUT2D eigenvalue weighted by atomic mass is 16.5. The Morgan fingerprint density at radius 3 is 3.00 bits per heavy atom. The van der Waals surface area contributed by atoms with Crippen molar-refractivity contribution in [1.29, 1.82) is 0 Å². The van der Waals surface area contributed by atoms with Crippen LogP contribution in [0, 0.1) is 12.8 Å². The van der Waals surface area contributed by atoms with Gasteiger partial charge in [-0.15, -0.1) is 0 Å². The molecule has 2 heterocycles. The standard InChI is InChI=1S/C15H23N3O3/c1-4-21-10-12-7-8-18(9-12)15(19)17-13-5-6-14(20-3)16-11(13)2/h5-6,12H,4,7-10H2,1-3H3,(H,17,19). The second-order valence-corrected chi connectivity index (χ2v) is 5.18. The maximum atomic E-state index is 12.3. The van der Waals surface area contributed by atoms with Crippen LogP contribution in [0.25, 0.3) is 0 Å². The number of amides is 2. The monoisotopic (exact) mass is 293 g/mol. The Morgan fingerprint density at radius 1 is 1.52 bits per heavy atom. The molecule has 0 aliphatic carbocycles. The number of hydrogen-bond donors (Lipinski definition) is 1. The molecule has 1 saturated heterocycles. The molecule has 0 aromatic carbocycles. The first kappa shape index (κ1) is 15.6. The molecular weight excluding hydrogens is 270 g/mol. The number of aromatic nitrogens is 1. The molecule has 1 atom stereocenters. The van der Waals surface area contributed by atoms with Gasteiger partial charge in [-0.1, -0.05) is 0 Å². The molecule has 1 aliphatic heterocycles. The number of ether oxygens (including phenoxy) is 2. The van der Waals surface area contributed by atoms with Crippen LogP contribution in [0.5, 0.6) is 5.88 Å². The first-order valence-corrected chi connectivity index (χ1v) is 7.29. The van der Waals surface area contributed by atoms with Crippen molar-refractivity contribution >= 4 is 11.7 Å². The molecule has 1 aromatic heterocycles. The molecule has 1 unspecified atom stereocenters. The van der Waals surface area contributed by atoms with E-state index in [4.69, 9.17) is 9.47 Å². The Morgan fingerprint density at radius 2 is 2.33 bits per heavy atom. The quantitative estimate of drug-likeness (QED) is 0.904. The van der Waals surface area contributed by atoms with Gasteiger partial charge in [-0.25, -0.2) is 9.78 Å². The molecule has 1 fully saturated rings.